The normalized spacial score (nSPS) is 21.7. The Morgan fingerprint density at radius 1 is 1.26 bits per heavy atom. The number of hydrogen-bond donors (Lipinski definition) is 1. The van der Waals surface area contributed by atoms with Crippen molar-refractivity contribution in [2.24, 2.45) is 0 Å². The first kappa shape index (κ1) is 16.6. The summed E-state index contributed by atoms with van der Waals surface area (Å²) in [5.41, 5.74) is 1.84. The molecule has 1 aliphatic heterocycles. The predicted octanol–water partition coefficient (Wildman–Crippen LogP) is 3.98. The second kappa shape index (κ2) is 8.54. The van der Waals surface area contributed by atoms with Gasteiger partial charge in [0.1, 0.15) is 11.8 Å². The molecule has 1 aliphatic carbocycles. The van der Waals surface area contributed by atoms with Gasteiger partial charge in [-0.1, -0.05) is 36.3 Å². The summed E-state index contributed by atoms with van der Waals surface area (Å²) < 4.78 is 11.2. The lowest BCUT2D eigenvalue weighted by Crippen LogP contribution is -2.22. The largest absolute Gasteiger partial charge is 0.381 e. The van der Waals surface area contributed by atoms with Gasteiger partial charge in [0.25, 0.3) is 0 Å². The van der Waals surface area contributed by atoms with E-state index in [1.54, 1.807) is 6.20 Å². The maximum absolute atomic E-state index is 6.02. The minimum atomic E-state index is -0.0996. The van der Waals surface area contributed by atoms with Crippen LogP contribution in [-0.2, 0) is 9.47 Å². The summed E-state index contributed by atoms with van der Waals surface area (Å²) in [6, 6.07) is 2.37. The molecule has 0 bridgehead atoms. The van der Waals surface area contributed by atoms with Gasteiger partial charge in [0, 0.05) is 18.8 Å². The summed E-state index contributed by atoms with van der Waals surface area (Å²) >= 11 is 6.02. The second-order valence-corrected chi connectivity index (χ2v) is 6.47. The smallest absolute Gasteiger partial charge is 0.158 e. The first-order chi connectivity index (χ1) is 11.3. The number of nitrogens with one attached hydrogen (secondary N) is 1. The highest BCUT2D eigenvalue weighted by molar-refractivity contribution is 6.29. The molecule has 4 nitrogen and oxygen atoms in total. The Hall–Kier alpha value is -1.28. The topological polar surface area (TPSA) is 43.4 Å². The maximum Gasteiger partial charge on any atom is 0.158 e. The van der Waals surface area contributed by atoms with Crippen molar-refractivity contribution in [3.63, 3.8) is 0 Å². The average molecular weight is 335 g/mol. The molecule has 0 spiro atoms. The van der Waals surface area contributed by atoms with Gasteiger partial charge in [-0.2, -0.15) is 0 Å². The second-order valence-electron chi connectivity index (χ2n) is 6.09. The molecule has 1 N–H and O–H groups in total. The Morgan fingerprint density at radius 3 is 2.87 bits per heavy atom. The van der Waals surface area contributed by atoms with E-state index in [2.05, 4.69) is 22.1 Å². The van der Waals surface area contributed by atoms with Crippen LogP contribution in [-0.4, -0.2) is 30.5 Å². The van der Waals surface area contributed by atoms with Crippen molar-refractivity contribution >= 4 is 17.3 Å². The highest BCUT2D eigenvalue weighted by Gasteiger charge is 2.16. The molecular formula is C18H23ClN2O2. The van der Waals surface area contributed by atoms with E-state index in [0.717, 1.165) is 37.1 Å². The van der Waals surface area contributed by atoms with Crippen LogP contribution in [0.5, 0.6) is 0 Å². The number of pyridine rings is 1. The van der Waals surface area contributed by atoms with Crippen molar-refractivity contribution in [3.05, 3.63) is 23.0 Å². The van der Waals surface area contributed by atoms with Crippen LogP contribution < -0.4 is 5.32 Å². The van der Waals surface area contributed by atoms with Crippen molar-refractivity contribution in [2.75, 3.05) is 18.5 Å². The molecule has 5 heteroatoms. The third kappa shape index (κ3) is 5.10. The van der Waals surface area contributed by atoms with E-state index in [0.29, 0.717) is 17.8 Å². The molecule has 1 unspecified atom stereocenters. The molecule has 0 aromatic carbocycles. The fraction of sp³-hybridized carbons (Fsp3) is 0.611. The van der Waals surface area contributed by atoms with Gasteiger partial charge in [-0.05, 0) is 38.2 Å². The van der Waals surface area contributed by atoms with Crippen LogP contribution in [0.25, 0.3) is 0 Å². The molecule has 0 radical (unpaired) electrons. The first-order valence-corrected chi connectivity index (χ1v) is 8.83. The van der Waals surface area contributed by atoms with Gasteiger partial charge in [0.05, 0.1) is 11.3 Å². The quantitative estimate of drug-likeness (QED) is 0.668. The molecule has 2 heterocycles. The van der Waals surface area contributed by atoms with Crippen LogP contribution in [0.15, 0.2) is 12.3 Å². The molecule has 23 heavy (non-hydrogen) atoms. The van der Waals surface area contributed by atoms with Gasteiger partial charge in [-0.25, -0.2) is 4.98 Å². The van der Waals surface area contributed by atoms with Crippen LogP contribution in [0.3, 0.4) is 0 Å². The zero-order chi connectivity index (χ0) is 15.9. The summed E-state index contributed by atoms with van der Waals surface area (Å²) in [6.07, 6.45) is 9.84. The number of nitrogens with zero attached hydrogens (tertiary/aromatic N) is 1. The van der Waals surface area contributed by atoms with Gasteiger partial charge in [0.2, 0.25) is 0 Å². The maximum atomic E-state index is 6.02. The summed E-state index contributed by atoms with van der Waals surface area (Å²) in [6.45, 7) is 1.16. The molecule has 0 amide bonds. The zero-order valence-electron chi connectivity index (χ0n) is 13.3. The summed E-state index contributed by atoms with van der Waals surface area (Å²) in [5, 5.41) is 4.04. The summed E-state index contributed by atoms with van der Waals surface area (Å²) in [5.74, 6) is 6.20. The molecule has 1 atom stereocenters. The lowest BCUT2D eigenvalue weighted by atomic mass is 10.2. The van der Waals surface area contributed by atoms with Crippen LogP contribution in [0.4, 0.5) is 5.69 Å². The van der Waals surface area contributed by atoms with E-state index >= 15 is 0 Å². The van der Waals surface area contributed by atoms with Gasteiger partial charge in [-0.15, -0.1) is 0 Å². The fourth-order valence-electron chi connectivity index (χ4n) is 3.05. The van der Waals surface area contributed by atoms with E-state index in [1.807, 2.05) is 6.07 Å². The number of rotatable bonds is 4. The Balaban J connectivity index is 1.58. The molecule has 2 aliphatic rings. The van der Waals surface area contributed by atoms with Crippen LogP contribution in [0, 0.1) is 11.8 Å². The van der Waals surface area contributed by atoms with Crippen molar-refractivity contribution in [1.29, 1.82) is 0 Å². The monoisotopic (exact) mass is 334 g/mol. The minimum absolute atomic E-state index is 0.0996. The van der Waals surface area contributed by atoms with E-state index in [4.69, 9.17) is 21.1 Å². The number of anilines is 1. The highest BCUT2D eigenvalue weighted by atomic mass is 35.5. The average Bonchev–Trinajstić information content (AvgIpc) is 3.07. The number of halogens is 1. The predicted molar refractivity (Wildman–Crippen MR) is 91.5 cm³/mol. The van der Waals surface area contributed by atoms with Crippen molar-refractivity contribution in [2.45, 2.75) is 57.3 Å². The third-order valence-corrected chi connectivity index (χ3v) is 4.49. The summed E-state index contributed by atoms with van der Waals surface area (Å²) in [4.78, 5) is 4.14. The molecular weight excluding hydrogens is 312 g/mol. The zero-order valence-corrected chi connectivity index (χ0v) is 14.1. The van der Waals surface area contributed by atoms with Gasteiger partial charge in [-0.3, -0.25) is 0 Å². The van der Waals surface area contributed by atoms with Crippen molar-refractivity contribution in [3.8, 4) is 11.8 Å². The Bertz CT molecular complexity index is 570. The summed E-state index contributed by atoms with van der Waals surface area (Å²) in [7, 11) is 0. The number of ether oxygens (including phenoxy) is 2. The standard InChI is InChI=1S/C18H23ClN2O2/c19-17-12-16(21-15-7-1-2-8-15)14(13-20-17)6-5-11-23-18-9-3-4-10-22-18/h12-13,15,18H,1-4,7-11H2,(H,20,21). The van der Waals surface area contributed by atoms with Gasteiger partial charge >= 0.3 is 0 Å². The van der Waals surface area contributed by atoms with Gasteiger partial charge in [0.15, 0.2) is 6.29 Å². The molecule has 3 rings (SSSR count). The van der Waals surface area contributed by atoms with E-state index in [-0.39, 0.29) is 6.29 Å². The Morgan fingerprint density at radius 2 is 2.09 bits per heavy atom. The molecule has 1 aromatic heterocycles. The SMILES string of the molecule is Clc1cc(NC2CCCC2)c(C#CCOC2CCCCO2)cn1. The molecule has 124 valence electrons. The van der Waals surface area contributed by atoms with Crippen LogP contribution in [0.1, 0.15) is 50.5 Å². The van der Waals surface area contributed by atoms with E-state index in [9.17, 15) is 0 Å². The lowest BCUT2D eigenvalue weighted by molar-refractivity contribution is -0.154. The van der Waals surface area contributed by atoms with Crippen molar-refractivity contribution < 1.29 is 9.47 Å². The van der Waals surface area contributed by atoms with Gasteiger partial charge < -0.3 is 14.8 Å². The Kier molecular flexibility index (Phi) is 6.15. The van der Waals surface area contributed by atoms with E-state index < -0.39 is 0 Å². The molecule has 2 fully saturated rings. The third-order valence-electron chi connectivity index (χ3n) is 4.29. The molecule has 1 aromatic rings. The minimum Gasteiger partial charge on any atom is -0.381 e. The fourth-order valence-corrected chi connectivity index (χ4v) is 3.21. The van der Waals surface area contributed by atoms with E-state index in [1.165, 1.54) is 25.7 Å². The Labute approximate surface area is 142 Å². The highest BCUT2D eigenvalue weighted by Crippen LogP contribution is 2.25. The molecule has 1 saturated heterocycles. The first-order valence-electron chi connectivity index (χ1n) is 8.45. The number of hydrogen-bond acceptors (Lipinski definition) is 4. The van der Waals surface area contributed by atoms with Crippen molar-refractivity contribution in [1.82, 2.24) is 4.98 Å². The lowest BCUT2D eigenvalue weighted by Gasteiger charge is -2.21. The number of aromatic nitrogens is 1. The van der Waals surface area contributed by atoms with Crippen LogP contribution >= 0.6 is 11.6 Å². The molecule has 1 saturated carbocycles. The van der Waals surface area contributed by atoms with Crippen LogP contribution in [0.2, 0.25) is 5.15 Å².